The molecule has 1 aliphatic rings. The fourth-order valence-corrected chi connectivity index (χ4v) is 4.75. The maximum Gasteiger partial charge on any atom is 0.257 e. The van der Waals surface area contributed by atoms with E-state index >= 15 is 0 Å². The summed E-state index contributed by atoms with van der Waals surface area (Å²) in [7, 11) is 0. The third-order valence-corrected chi connectivity index (χ3v) is 6.70. The van der Waals surface area contributed by atoms with Gasteiger partial charge in [-0.1, -0.05) is 28.6 Å². The van der Waals surface area contributed by atoms with Gasteiger partial charge in [0.2, 0.25) is 0 Å². The number of ether oxygens (including phenoxy) is 1. The highest BCUT2D eigenvalue weighted by Gasteiger charge is 2.26. The molecule has 4 heterocycles. The van der Waals surface area contributed by atoms with E-state index in [4.69, 9.17) is 9.26 Å². The Morgan fingerprint density at radius 1 is 1.12 bits per heavy atom. The number of carbonyl (C=O) groups is 1. The number of thiazole rings is 1. The number of carbonyl (C=O) groups excluding carboxylic acids is 1. The van der Waals surface area contributed by atoms with Crippen molar-refractivity contribution >= 4 is 32.7 Å². The number of para-hydroxylation sites is 1. The van der Waals surface area contributed by atoms with E-state index in [0.29, 0.717) is 31.0 Å². The Kier molecular flexibility index (Phi) is 5.48. The van der Waals surface area contributed by atoms with Crippen LogP contribution in [0.5, 0.6) is 5.75 Å². The largest absolute Gasteiger partial charge is 0.488 e. The van der Waals surface area contributed by atoms with Crippen LogP contribution in [0, 0.1) is 13.8 Å². The number of piperazine rings is 1. The van der Waals surface area contributed by atoms with E-state index in [1.165, 1.54) is 0 Å². The van der Waals surface area contributed by atoms with Crippen LogP contribution >= 0.6 is 11.3 Å². The molecule has 4 aromatic rings. The van der Waals surface area contributed by atoms with Crippen LogP contribution in [0.4, 0.5) is 5.13 Å². The SMILES string of the molecule is Cc1noc(C)c1COc1ccccc1C(=O)N1CCN(c2nc3cccnc3s2)CC1. The molecule has 9 heteroatoms. The number of rotatable bonds is 5. The third kappa shape index (κ3) is 3.91. The van der Waals surface area contributed by atoms with Crippen LogP contribution in [0.15, 0.2) is 47.1 Å². The van der Waals surface area contributed by atoms with Crippen molar-refractivity contribution in [2.45, 2.75) is 20.5 Å². The van der Waals surface area contributed by atoms with Gasteiger partial charge in [0, 0.05) is 32.4 Å². The van der Waals surface area contributed by atoms with Gasteiger partial charge >= 0.3 is 0 Å². The van der Waals surface area contributed by atoms with E-state index in [1.807, 2.05) is 55.1 Å². The van der Waals surface area contributed by atoms with Gasteiger partial charge in [-0.15, -0.1) is 0 Å². The van der Waals surface area contributed by atoms with Crippen LogP contribution in [0.2, 0.25) is 0 Å². The predicted octanol–water partition coefficient (Wildman–Crippen LogP) is 3.84. The maximum atomic E-state index is 13.3. The number of aryl methyl sites for hydroxylation is 2. The molecule has 1 aromatic carbocycles. The minimum Gasteiger partial charge on any atom is -0.488 e. The molecule has 3 aromatic heterocycles. The minimum atomic E-state index is -0.0232. The van der Waals surface area contributed by atoms with Crippen LogP contribution in [-0.2, 0) is 6.61 Å². The summed E-state index contributed by atoms with van der Waals surface area (Å²) in [5.74, 6) is 1.27. The highest BCUT2D eigenvalue weighted by molar-refractivity contribution is 7.21. The van der Waals surface area contributed by atoms with Crippen LogP contribution in [0.3, 0.4) is 0 Å². The van der Waals surface area contributed by atoms with E-state index in [2.05, 4.69) is 20.0 Å². The third-order valence-electron chi connectivity index (χ3n) is 5.66. The van der Waals surface area contributed by atoms with Crippen molar-refractivity contribution in [2.75, 3.05) is 31.1 Å². The summed E-state index contributed by atoms with van der Waals surface area (Å²) >= 11 is 1.59. The molecule has 0 saturated carbocycles. The first kappa shape index (κ1) is 20.4. The molecule has 0 N–H and O–H groups in total. The van der Waals surface area contributed by atoms with Crippen molar-refractivity contribution in [2.24, 2.45) is 0 Å². The lowest BCUT2D eigenvalue weighted by Crippen LogP contribution is -2.48. The Hall–Kier alpha value is -3.46. The molecular weight excluding hydrogens is 426 g/mol. The standard InChI is InChI=1S/C23H23N5O3S/c1-15-18(16(2)31-26-15)14-30-20-8-4-3-6-17(20)22(29)27-10-12-28(13-11-27)23-25-19-7-5-9-24-21(19)32-23/h3-9H,10-14H2,1-2H3. The van der Waals surface area contributed by atoms with E-state index in [-0.39, 0.29) is 5.91 Å². The molecular formula is C23H23N5O3S. The topological polar surface area (TPSA) is 84.6 Å². The zero-order valence-electron chi connectivity index (χ0n) is 17.9. The average Bonchev–Trinajstić information content (AvgIpc) is 3.40. The fourth-order valence-electron chi connectivity index (χ4n) is 3.79. The van der Waals surface area contributed by atoms with Crippen molar-refractivity contribution in [3.8, 4) is 5.75 Å². The molecule has 0 spiro atoms. The normalized spacial score (nSPS) is 14.2. The van der Waals surface area contributed by atoms with Gasteiger partial charge in [-0.05, 0) is 38.1 Å². The quantitative estimate of drug-likeness (QED) is 0.458. The van der Waals surface area contributed by atoms with Gasteiger partial charge in [0.15, 0.2) is 5.13 Å². The number of anilines is 1. The number of nitrogens with zero attached hydrogens (tertiary/aromatic N) is 5. The molecule has 0 radical (unpaired) electrons. The summed E-state index contributed by atoms with van der Waals surface area (Å²) in [6.07, 6.45) is 1.78. The highest BCUT2D eigenvalue weighted by Crippen LogP contribution is 2.28. The molecule has 1 aliphatic heterocycles. The van der Waals surface area contributed by atoms with Gasteiger partial charge in [-0.25, -0.2) is 9.97 Å². The van der Waals surface area contributed by atoms with E-state index in [9.17, 15) is 4.79 Å². The van der Waals surface area contributed by atoms with Crippen LogP contribution < -0.4 is 9.64 Å². The molecule has 0 aliphatic carbocycles. The van der Waals surface area contributed by atoms with Crippen molar-refractivity contribution < 1.29 is 14.1 Å². The molecule has 8 nitrogen and oxygen atoms in total. The lowest BCUT2D eigenvalue weighted by atomic mass is 10.1. The molecule has 1 amide bonds. The number of fused-ring (bicyclic) bond motifs is 1. The lowest BCUT2D eigenvalue weighted by Gasteiger charge is -2.34. The molecule has 1 fully saturated rings. The van der Waals surface area contributed by atoms with E-state index in [1.54, 1.807) is 17.5 Å². The monoisotopic (exact) mass is 449 g/mol. The molecule has 0 atom stereocenters. The first-order valence-electron chi connectivity index (χ1n) is 10.5. The second kappa shape index (κ2) is 8.58. The molecule has 1 saturated heterocycles. The number of hydrogen-bond acceptors (Lipinski definition) is 8. The molecule has 32 heavy (non-hydrogen) atoms. The van der Waals surface area contributed by atoms with E-state index in [0.717, 1.165) is 45.6 Å². The maximum absolute atomic E-state index is 13.3. The van der Waals surface area contributed by atoms with Gasteiger partial charge < -0.3 is 19.1 Å². The van der Waals surface area contributed by atoms with Gasteiger partial charge in [-0.2, -0.15) is 0 Å². The molecule has 0 bridgehead atoms. The minimum absolute atomic E-state index is 0.0232. The van der Waals surface area contributed by atoms with Crippen molar-refractivity contribution in [1.82, 2.24) is 20.0 Å². The van der Waals surface area contributed by atoms with Crippen LogP contribution in [0.25, 0.3) is 10.3 Å². The van der Waals surface area contributed by atoms with Crippen molar-refractivity contribution in [3.63, 3.8) is 0 Å². The van der Waals surface area contributed by atoms with Gasteiger partial charge in [0.05, 0.1) is 16.8 Å². The van der Waals surface area contributed by atoms with Gasteiger partial charge in [0.1, 0.15) is 28.5 Å². The molecule has 0 unspecified atom stereocenters. The summed E-state index contributed by atoms with van der Waals surface area (Å²) in [5.41, 5.74) is 3.19. The first-order valence-corrected chi connectivity index (χ1v) is 11.3. The van der Waals surface area contributed by atoms with Gasteiger partial charge in [-0.3, -0.25) is 4.79 Å². The summed E-state index contributed by atoms with van der Waals surface area (Å²) in [5, 5.41) is 4.92. The summed E-state index contributed by atoms with van der Waals surface area (Å²) in [6, 6.07) is 11.3. The lowest BCUT2D eigenvalue weighted by molar-refractivity contribution is 0.0742. The van der Waals surface area contributed by atoms with Crippen LogP contribution in [0.1, 0.15) is 27.4 Å². The average molecular weight is 450 g/mol. The number of hydrogen-bond donors (Lipinski definition) is 0. The number of benzene rings is 1. The fraction of sp³-hybridized carbons (Fsp3) is 0.304. The second-order valence-corrected chi connectivity index (χ2v) is 8.65. The summed E-state index contributed by atoms with van der Waals surface area (Å²) in [6.45, 7) is 6.76. The smallest absolute Gasteiger partial charge is 0.257 e. The number of aromatic nitrogens is 3. The van der Waals surface area contributed by atoms with Crippen LogP contribution in [-0.4, -0.2) is 52.1 Å². The number of pyridine rings is 1. The Balaban J connectivity index is 1.26. The Labute approximate surface area is 189 Å². The van der Waals surface area contributed by atoms with Gasteiger partial charge in [0.25, 0.3) is 5.91 Å². The second-order valence-electron chi connectivity index (χ2n) is 7.69. The zero-order chi connectivity index (χ0) is 22.1. The summed E-state index contributed by atoms with van der Waals surface area (Å²) in [4.78, 5) is 27.4. The Morgan fingerprint density at radius 2 is 1.94 bits per heavy atom. The molecule has 164 valence electrons. The number of amides is 1. The van der Waals surface area contributed by atoms with Crippen molar-refractivity contribution in [1.29, 1.82) is 0 Å². The van der Waals surface area contributed by atoms with E-state index < -0.39 is 0 Å². The predicted molar refractivity (Wildman–Crippen MR) is 122 cm³/mol. The Bertz CT molecular complexity index is 1210. The molecule has 5 rings (SSSR count). The highest BCUT2D eigenvalue weighted by atomic mass is 32.1. The first-order chi connectivity index (χ1) is 15.6. The summed E-state index contributed by atoms with van der Waals surface area (Å²) < 4.78 is 11.2. The van der Waals surface area contributed by atoms with Crippen molar-refractivity contribution in [3.05, 3.63) is 65.2 Å². The Morgan fingerprint density at radius 3 is 2.69 bits per heavy atom. The zero-order valence-corrected chi connectivity index (χ0v) is 18.8.